The molecule has 4 aromatic rings. The number of nitrogens with zero attached hydrogens (tertiary/aromatic N) is 5. The Kier molecular flexibility index (Phi) is 7.85. The van der Waals surface area contributed by atoms with E-state index in [1.54, 1.807) is 6.07 Å². The van der Waals surface area contributed by atoms with E-state index in [1.165, 1.54) is 12.8 Å². The molecule has 3 fully saturated rings. The normalized spacial score (nSPS) is 24.3. The Labute approximate surface area is 259 Å². The molecule has 1 aliphatic carbocycles. The number of imidazole rings is 1. The number of morpholine rings is 1. The fourth-order valence-electron chi connectivity index (χ4n) is 6.43. The first-order valence-corrected chi connectivity index (χ1v) is 15.6. The van der Waals surface area contributed by atoms with Gasteiger partial charge in [-0.2, -0.15) is 4.98 Å². The molecule has 3 aliphatic rings. The number of fused-ring (bicyclic) bond motifs is 1. The molecule has 2 saturated heterocycles. The van der Waals surface area contributed by atoms with Gasteiger partial charge in [0, 0.05) is 28.7 Å². The molecule has 43 heavy (non-hydrogen) atoms. The highest BCUT2D eigenvalue weighted by Crippen LogP contribution is 2.39. The van der Waals surface area contributed by atoms with Crippen LogP contribution in [0, 0.1) is 11.8 Å². The molecule has 1 amide bonds. The lowest BCUT2D eigenvalue weighted by Crippen LogP contribution is -2.41. The van der Waals surface area contributed by atoms with Crippen LogP contribution in [-0.4, -0.2) is 45.4 Å². The molecule has 1 saturated carbocycles. The first-order valence-electron chi connectivity index (χ1n) is 14.8. The zero-order chi connectivity index (χ0) is 29.5. The molecule has 2 aliphatic heterocycles. The van der Waals surface area contributed by atoms with Gasteiger partial charge in [0.05, 0.1) is 19.3 Å². The van der Waals surface area contributed by atoms with Gasteiger partial charge in [0.1, 0.15) is 11.2 Å². The summed E-state index contributed by atoms with van der Waals surface area (Å²) in [4.78, 5) is 34.2. The van der Waals surface area contributed by atoms with Crippen molar-refractivity contribution in [1.82, 2.24) is 30.3 Å². The molecule has 7 rings (SSSR count). The third-order valence-corrected chi connectivity index (χ3v) is 9.11. The zero-order valence-corrected chi connectivity index (χ0v) is 25.3. The van der Waals surface area contributed by atoms with Crippen LogP contribution in [0.15, 0.2) is 48.5 Å². The number of halogens is 2. The van der Waals surface area contributed by atoms with Gasteiger partial charge in [0.2, 0.25) is 5.95 Å². The molecule has 2 atom stereocenters. The van der Waals surface area contributed by atoms with Crippen molar-refractivity contribution in [3.8, 4) is 11.3 Å². The molecule has 12 heteroatoms. The van der Waals surface area contributed by atoms with Crippen molar-refractivity contribution in [2.75, 3.05) is 24.7 Å². The van der Waals surface area contributed by atoms with E-state index in [2.05, 4.69) is 51.5 Å². The number of carbonyl (C=O) groups excluding carboxylic acids is 1. The molecule has 2 aromatic carbocycles. The quantitative estimate of drug-likeness (QED) is 0.253. The average molecular weight is 623 g/mol. The molecule has 0 bridgehead atoms. The molecule has 10 nitrogen and oxygen atoms in total. The van der Waals surface area contributed by atoms with Gasteiger partial charge in [0.25, 0.3) is 0 Å². The maximum atomic E-state index is 11.9. The lowest BCUT2D eigenvalue weighted by Gasteiger charge is -2.37. The summed E-state index contributed by atoms with van der Waals surface area (Å²) in [5.74, 6) is 2.38. The van der Waals surface area contributed by atoms with Crippen molar-refractivity contribution < 1.29 is 14.4 Å². The minimum atomic E-state index is -0.737. The summed E-state index contributed by atoms with van der Waals surface area (Å²) in [5, 5.41) is 3.70. The van der Waals surface area contributed by atoms with Crippen molar-refractivity contribution >= 4 is 46.4 Å². The van der Waals surface area contributed by atoms with Crippen LogP contribution < -0.4 is 15.7 Å². The summed E-state index contributed by atoms with van der Waals surface area (Å²) in [6.45, 7) is 4.94. The number of anilines is 1. The Morgan fingerprint density at radius 3 is 2.49 bits per heavy atom. The summed E-state index contributed by atoms with van der Waals surface area (Å²) in [6.07, 6.45) is 3.38. The summed E-state index contributed by atoms with van der Waals surface area (Å²) in [7, 11) is 0. The number of amides is 1. The molecular weight excluding hydrogens is 589 g/mol. The van der Waals surface area contributed by atoms with E-state index in [4.69, 9.17) is 47.7 Å². The summed E-state index contributed by atoms with van der Waals surface area (Å²) < 4.78 is 8.28. The van der Waals surface area contributed by atoms with Crippen molar-refractivity contribution in [2.45, 2.75) is 51.4 Å². The van der Waals surface area contributed by atoms with E-state index < -0.39 is 12.3 Å². The summed E-state index contributed by atoms with van der Waals surface area (Å²) in [6, 6.07) is 15.8. The van der Waals surface area contributed by atoms with Crippen LogP contribution in [0.25, 0.3) is 22.4 Å². The number of hydroxylamine groups is 1. The second kappa shape index (κ2) is 11.9. The van der Waals surface area contributed by atoms with Crippen LogP contribution in [0.4, 0.5) is 10.7 Å². The molecule has 224 valence electrons. The fourth-order valence-corrected chi connectivity index (χ4v) is 6.95. The number of hydrogen-bond acceptors (Lipinski definition) is 8. The number of aromatic nitrogens is 4. The number of nitrogens with one attached hydrogen (secondary N) is 2. The second-order valence-electron chi connectivity index (χ2n) is 11.7. The smallest absolute Gasteiger partial charge is 0.377 e. The van der Waals surface area contributed by atoms with E-state index >= 15 is 0 Å². The maximum Gasteiger partial charge on any atom is 0.427 e. The lowest BCUT2D eigenvalue weighted by molar-refractivity contribution is 0.0927. The third-order valence-electron chi connectivity index (χ3n) is 8.67. The Morgan fingerprint density at radius 2 is 1.77 bits per heavy atom. The Hall–Kier alpha value is -3.44. The molecule has 1 unspecified atom stereocenters. The van der Waals surface area contributed by atoms with Crippen LogP contribution in [0.1, 0.15) is 56.2 Å². The highest BCUT2D eigenvalue weighted by Gasteiger charge is 2.34. The summed E-state index contributed by atoms with van der Waals surface area (Å²) in [5.41, 5.74) is 6.54. The first-order chi connectivity index (χ1) is 20.9. The lowest BCUT2D eigenvalue weighted by atomic mass is 9.83. The number of ether oxygens (including phenoxy) is 1. The number of benzene rings is 2. The van der Waals surface area contributed by atoms with Gasteiger partial charge in [0.15, 0.2) is 17.6 Å². The summed E-state index contributed by atoms with van der Waals surface area (Å²) >= 11 is 13.0. The largest absolute Gasteiger partial charge is 0.427 e. The second-order valence-corrected chi connectivity index (χ2v) is 12.6. The minimum Gasteiger partial charge on any atom is -0.377 e. The van der Waals surface area contributed by atoms with Gasteiger partial charge in [-0.25, -0.2) is 14.8 Å². The van der Waals surface area contributed by atoms with E-state index in [0.717, 1.165) is 47.9 Å². The van der Waals surface area contributed by atoms with Crippen LogP contribution >= 0.6 is 23.2 Å². The number of rotatable bonds is 6. The van der Waals surface area contributed by atoms with Crippen molar-refractivity contribution in [1.29, 1.82) is 0 Å². The number of carbonyl (C=O) groups is 1. The van der Waals surface area contributed by atoms with Gasteiger partial charge in [-0.3, -0.25) is 5.32 Å². The van der Waals surface area contributed by atoms with Crippen molar-refractivity contribution in [3.63, 3.8) is 0 Å². The van der Waals surface area contributed by atoms with Gasteiger partial charge in [-0.05, 0) is 48.4 Å². The Balaban J connectivity index is 1.44. The monoisotopic (exact) mass is 621 g/mol. The number of hydrogen-bond donors (Lipinski definition) is 2. The molecular formula is C31H33Cl2N7O3. The van der Waals surface area contributed by atoms with Crippen molar-refractivity contribution in [2.24, 2.45) is 11.8 Å². The molecule has 0 spiro atoms. The molecule has 0 radical (unpaired) electrons. The van der Waals surface area contributed by atoms with Crippen LogP contribution in [0.5, 0.6) is 0 Å². The predicted molar refractivity (Wildman–Crippen MR) is 165 cm³/mol. The fraction of sp³-hybridized carbons (Fsp3) is 0.419. The topological polar surface area (TPSA) is 106 Å². The third kappa shape index (κ3) is 5.76. The highest BCUT2D eigenvalue weighted by atomic mass is 35.5. The maximum absolute atomic E-state index is 11.9. The van der Waals surface area contributed by atoms with E-state index in [1.807, 2.05) is 18.2 Å². The van der Waals surface area contributed by atoms with Crippen LogP contribution in [0.3, 0.4) is 0 Å². The average Bonchev–Trinajstić information content (AvgIpc) is 3.61. The molecule has 2 N–H and O–H groups in total. The van der Waals surface area contributed by atoms with Crippen LogP contribution in [0.2, 0.25) is 10.0 Å². The van der Waals surface area contributed by atoms with E-state index in [0.29, 0.717) is 52.9 Å². The van der Waals surface area contributed by atoms with E-state index in [9.17, 15) is 4.79 Å². The zero-order valence-electron chi connectivity index (χ0n) is 23.8. The molecule has 2 aromatic heterocycles. The van der Waals surface area contributed by atoms with Gasteiger partial charge in [-0.1, -0.05) is 73.3 Å². The Bertz CT molecular complexity index is 1620. The van der Waals surface area contributed by atoms with Gasteiger partial charge in [-0.15, -0.1) is 5.48 Å². The molecule has 4 heterocycles. The first kappa shape index (κ1) is 28.3. The standard InChI is InChI=1S/C31H33Cl2N7O3/c1-18-7-9-19(10-8-18)16-40-26-25(21-13-22(32)15-23(33)14-21)34-28(29-37-31(41)43-38-29)35-27(26)36-30(40)39-11-12-42-17-24(39)20-5-3-2-4-6-20/h2-6,13-15,18-19,24,29,38H,7-12,16-17H2,1H3,(H,37,41)/t18?,19?,24-,29?/m0/s1. The SMILES string of the molecule is CC1CCC(Cn2c(N3CCOC[C@H]3c3ccccc3)nc3nc(C4NOC(=O)N4)nc(-c4cc(Cl)cc(Cl)c4)c32)CC1. The van der Waals surface area contributed by atoms with E-state index in [-0.39, 0.29) is 6.04 Å². The van der Waals surface area contributed by atoms with Gasteiger partial charge >= 0.3 is 6.09 Å². The van der Waals surface area contributed by atoms with Gasteiger partial charge < -0.3 is 19.0 Å². The Morgan fingerprint density at radius 1 is 1.00 bits per heavy atom. The minimum absolute atomic E-state index is 0.0161. The predicted octanol–water partition coefficient (Wildman–Crippen LogP) is 6.45. The van der Waals surface area contributed by atoms with Crippen molar-refractivity contribution in [3.05, 3.63) is 70.0 Å². The highest BCUT2D eigenvalue weighted by molar-refractivity contribution is 6.35. The van der Waals surface area contributed by atoms with Crippen LogP contribution in [-0.2, 0) is 16.1 Å².